The van der Waals surface area contributed by atoms with Gasteiger partial charge in [0.05, 0.1) is 6.04 Å². The standard InChI is InChI=1S/C27H52N2O2/c1-7-8-9-10-11-12-13-14-15-16-24(30)31-22-26(4,5)21-29-23-17-25(2,3)19-27(6,18-23)20-28/h21,23H,7-20,22,28H2,1-6H3. The minimum Gasteiger partial charge on any atom is -0.465 e. The number of aliphatic imine (C=N–C) groups is 1. The molecule has 0 bridgehead atoms. The highest BCUT2D eigenvalue weighted by atomic mass is 16.5. The summed E-state index contributed by atoms with van der Waals surface area (Å²) >= 11 is 0. The maximum atomic E-state index is 12.1. The lowest BCUT2D eigenvalue weighted by Crippen LogP contribution is -2.42. The van der Waals surface area contributed by atoms with Crippen LogP contribution in [0.2, 0.25) is 0 Å². The Balaban J connectivity index is 2.27. The van der Waals surface area contributed by atoms with Crippen LogP contribution < -0.4 is 5.73 Å². The van der Waals surface area contributed by atoms with Crippen molar-refractivity contribution in [2.45, 2.75) is 131 Å². The predicted molar refractivity (Wildman–Crippen MR) is 134 cm³/mol. The van der Waals surface area contributed by atoms with Gasteiger partial charge < -0.3 is 10.5 Å². The van der Waals surface area contributed by atoms with Crippen molar-refractivity contribution in [1.29, 1.82) is 0 Å². The zero-order valence-corrected chi connectivity index (χ0v) is 21.6. The first-order valence-electron chi connectivity index (χ1n) is 12.9. The van der Waals surface area contributed by atoms with E-state index in [0.29, 0.717) is 25.6 Å². The second kappa shape index (κ2) is 13.6. The number of hydrogen-bond acceptors (Lipinski definition) is 4. The summed E-state index contributed by atoms with van der Waals surface area (Å²) in [7, 11) is 0. The molecule has 1 saturated carbocycles. The Morgan fingerprint density at radius 3 is 2.19 bits per heavy atom. The number of carbonyl (C=O) groups excluding carboxylic acids is 1. The van der Waals surface area contributed by atoms with E-state index in [0.717, 1.165) is 32.1 Å². The van der Waals surface area contributed by atoms with Crippen LogP contribution in [0.25, 0.3) is 0 Å². The second-order valence-electron chi connectivity index (χ2n) is 11.9. The average Bonchev–Trinajstić information content (AvgIpc) is 2.68. The lowest BCUT2D eigenvalue weighted by Gasteiger charge is -2.45. The van der Waals surface area contributed by atoms with Gasteiger partial charge in [0.2, 0.25) is 0 Å². The monoisotopic (exact) mass is 436 g/mol. The molecule has 0 aromatic heterocycles. The smallest absolute Gasteiger partial charge is 0.305 e. The van der Waals surface area contributed by atoms with Crippen LogP contribution in [-0.2, 0) is 9.53 Å². The fourth-order valence-corrected chi connectivity index (χ4v) is 5.10. The summed E-state index contributed by atoms with van der Waals surface area (Å²) < 4.78 is 5.57. The number of carbonyl (C=O) groups is 1. The van der Waals surface area contributed by atoms with Crippen LogP contribution in [0, 0.1) is 16.2 Å². The third-order valence-electron chi connectivity index (χ3n) is 6.64. The summed E-state index contributed by atoms with van der Waals surface area (Å²) in [6, 6.07) is 0.300. The van der Waals surface area contributed by atoms with Gasteiger partial charge in [-0.2, -0.15) is 0 Å². The van der Waals surface area contributed by atoms with Gasteiger partial charge in [0.1, 0.15) is 6.61 Å². The van der Waals surface area contributed by atoms with Crippen LogP contribution in [-0.4, -0.2) is 31.4 Å². The first kappa shape index (κ1) is 28.1. The zero-order valence-electron chi connectivity index (χ0n) is 21.6. The normalized spacial score (nSPS) is 23.9. The molecule has 0 aromatic rings. The number of esters is 1. The van der Waals surface area contributed by atoms with Gasteiger partial charge in [0.15, 0.2) is 0 Å². The highest BCUT2D eigenvalue weighted by Crippen LogP contribution is 2.46. The molecule has 0 aromatic carbocycles. The Bertz CT molecular complexity index is 541. The number of rotatable bonds is 15. The predicted octanol–water partition coefficient (Wildman–Crippen LogP) is 7.09. The second-order valence-corrected chi connectivity index (χ2v) is 11.9. The van der Waals surface area contributed by atoms with Crippen LogP contribution in [0.3, 0.4) is 0 Å². The SMILES string of the molecule is CCCCCCCCCCCC(=O)OCC(C)(C)C=NC1CC(C)(C)CC(C)(CN)C1. The largest absolute Gasteiger partial charge is 0.465 e. The minimum atomic E-state index is -0.241. The van der Waals surface area contributed by atoms with E-state index in [-0.39, 0.29) is 22.2 Å². The topological polar surface area (TPSA) is 64.7 Å². The van der Waals surface area contributed by atoms with E-state index in [1.165, 1.54) is 44.9 Å². The van der Waals surface area contributed by atoms with Crippen LogP contribution >= 0.6 is 0 Å². The molecule has 4 nitrogen and oxygen atoms in total. The lowest BCUT2D eigenvalue weighted by atomic mass is 9.63. The van der Waals surface area contributed by atoms with E-state index in [1.807, 2.05) is 6.21 Å². The van der Waals surface area contributed by atoms with Crippen molar-refractivity contribution in [2.75, 3.05) is 13.2 Å². The fraction of sp³-hybridized carbons (Fsp3) is 0.926. The van der Waals surface area contributed by atoms with Crippen molar-refractivity contribution in [3.8, 4) is 0 Å². The van der Waals surface area contributed by atoms with Crippen molar-refractivity contribution >= 4 is 12.2 Å². The van der Waals surface area contributed by atoms with Crippen molar-refractivity contribution in [2.24, 2.45) is 27.0 Å². The van der Waals surface area contributed by atoms with Crippen molar-refractivity contribution in [3.63, 3.8) is 0 Å². The Labute approximate surface area is 193 Å². The van der Waals surface area contributed by atoms with Crippen molar-refractivity contribution in [1.82, 2.24) is 0 Å². The van der Waals surface area contributed by atoms with Gasteiger partial charge in [0.25, 0.3) is 0 Å². The molecule has 1 fully saturated rings. The number of nitrogens with two attached hydrogens (primary N) is 1. The van der Waals surface area contributed by atoms with Gasteiger partial charge in [-0.15, -0.1) is 0 Å². The molecule has 2 atom stereocenters. The summed E-state index contributed by atoms with van der Waals surface area (Å²) in [5.41, 5.74) is 6.25. The molecule has 1 aliphatic rings. The van der Waals surface area contributed by atoms with Crippen LogP contribution in [0.4, 0.5) is 0 Å². The third kappa shape index (κ3) is 12.7. The molecule has 2 N–H and O–H groups in total. The van der Waals surface area contributed by atoms with E-state index in [2.05, 4.69) is 41.5 Å². The molecule has 0 heterocycles. The number of ether oxygens (including phenoxy) is 1. The van der Waals surface area contributed by atoms with Gasteiger partial charge in [0, 0.05) is 18.1 Å². The third-order valence-corrected chi connectivity index (χ3v) is 6.64. The van der Waals surface area contributed by atoms with E-state index < -0.39 is 0 Å². The fourth-order valence-electron chi connectivity index (χ4n) is 5.10. The highest BCUT2D eigenvalue weighted by Gasteiger charge is 2.40. The van der Waals surface area contributed by atoms with E-state index in [4.69, 9.17) is 15.5 Å². The van der Waals surface area contributed by atoms with Gasteiger partial charge in [-0.1, -0.05) is 92.9 Å². The maximum absolute atomic E-state index is 12.1. The van der Waals surface area contributed by atoms with Crippen molar-refractivity contribution in [3.05, 3.63) is 0 Å². The first-order chi connectivity index (χ1) is 14.5. The number of nitrogens with zero attached hydrogens (tertiary/aromatic N) is 1. The summed E-state index contributed by atoms with van der Waals surface area (Å²) in [5.74, 6) is -0.0704. The maximum Gasteiger partial charge on any atom is 0.305 e. The molecular formula is C27H52N2O2. The Kier molecular flexibility index (Phi) is 12.3. The molecule has 1 rings (SSSR count). The van der Waals surface area contributed by atoms with Gasteiger partial charge >= 0.3 is 5.97 Å². The number of unbranched alkanes of at least 4 members (excludes halogenated alkanes) is 8. The molecule has 1 aliphatic carbocycles. The molecule has 0 amide bonds. The molecule has 182 valence electrons. The quantitative estimate of drug-likeness (QED) is 0.169. The molecule has 0 radical (unpaired) electrons. The van der Waals surface area contributed by atoms with Crippen LogP contribution in [0.5, 0.6) is 0 Å². The molecular weight excluding hydrogens is 384 g/mol. The first-order valence-corrected chi connectivity index (χ1v) is 12.9. The molecule has 4 heteroatoms. The van der Waals surface area contributed by atoms with E-state index in [9.17, 15) is 4.79 Å². The van der Waals surface area contributed by atoms with Gasteiger partial charge in [-0.05, 0) is 43.1 Å². The van der Waals surface area contributed by atoms with Crippen LogP contribution in [0.1, 0.15) is 125 Å². The van der Waals surface area contributed by atoms with Crippen LogP contribution in [0.15, 0.2) is 4.99 Å². The molecule has 0 saturated heterocycles. The summed E-state index contributed by atoms with van der Waals surface area (Å²) in [6.45, 7) is 14.5. The van der Waals surface area contributed by atoms with Crippen molar-refractivity contribution < 1.29 is 9.53 Å². The Morgan fingerprint density at radius 1 is 1.03 bits per heavy atom. The van der Waals surface area contributed by atoms with Gasteiger partial charge in [-0.25, -0.2) is 0 Å². The molecule has 2 unspecified atom stereocenters. The molecule has 0 spiro atoms. The Morgan fingerprint density at radius 2 is 1.61 bits per heavy atom. The van der Waals surface area contributed by atoms with E-state index >= 15 is 0 Å². The van der Waals surface area contributed by atoms with E-state index in [1.54, 1.807) is 0 Å². The summed E-state index contributed by atoms with van der Waals surface area (Å²) in [4.78, 5) is 17.1. The lowest BCUT2D eigenvalue weighted by molar-refractivity contribution is -0.145. The summed E-state index contributed by atoms with van der Waals surface area (Å²) in [5, 5.41) is 0. The highest BCUT2D eigenvalue weighted by molar-refractivity contribution is 5.70. The zero-order chi connectivity index (χ0) is 23.4. The minimum absolute atomic E-state index is 0.0704. The average molecular weight is 437 g/mol. The summed E-state index contributed by atoms with van der Waals surface area (Å²) in [6.07, 6.45) is 17.2. The molecule has 0 aliphatic heterocycles. The number of hydrogen-bond donors (Lipinski definition) is 1. The molecule has 31 heavy (non-hydrogen) atoms. The Hall–Kier alpha value is -0.900. The van der Waals surface area contributed by atoms with Gasteiger partial charge in [-0.3, -0.25) is 9.79 Å².